The first kappa shape index (κ1) is 9.01. The summed E-state index contributed by atoms with van der Waals surface area (Å²) < 4.78 is 0. The Labute approximate surface area is 70.2 Å². The predicted molar refractivity (Wildman–Crippen MR) is 48.3 cm³/mol. The molecular formula is C9H20N2. The van der Waals surface area contributed by atoms with Gasteiger partial charge in [0.15, 0.2) is 0 Å². The van der Waals surface area contributed by atoms with Crippen molar-refractivity contribution in [1.29, 1.82) is 0 Å². The number of hydrogen-bond acceptors (Lipinski definition) is 2. The first-order valence-corrected chi connectivity index (χ1v) is 4.59. The van der Waals surface area contributed by atoms with Crippen LogP contribution in [0.4, 0.5) is 0 Å². The molecule has 11 heavy (non-hydrogen) atoms. The zero-order valence-electron chi connectivity index (χ0n) is 8.01. The first-order chi connectivity index (χ1) is 5.18. The van der Waals surface area contributed by atoms with E-state index in [1.54, 1.807) is 0 Å². The van der Waals surface area contributed by atoms with Crippen LogP contribution in [0.3, 0.4) is 0 Å². The van der Waals surface area contributed by atoms with E-state index >= 15 is 0 Å². The molecule has 1 saturated heterocycles. The average Bonchev–Trinajstić information content (AvgIpc) is 1.83. The molecule has 0 unspecified atom stereocenters. The molecule has 2 heteroatoms. The monoisotopic (exact) mass is 156 g/mol. The minimum Gasteiger partial charge on any atom is -0.280 e. The Hall–Kier alpha value is -0.0800. The molecule has 1 aliphatic heterocycles. The van der Waals surface area contributed by atoms with Crippen LogP contribution in [0.15, 0.2) is 0 Å². The molecule has 0 aromatic carbocycles. The van der Waals surface area contributed by atoms with E-state index < -0.39 is 0 Å². The van der Waals surface area contributed by atoms with Gasteiger partial charge in [-0.3, -0.25) is 9.80 Å². The smallest absolute Gasteiger partial charge is 0.0526 e. The van der Waals surface area contributed by atoms with E-state index in [1.165, 1.54) is 32.7 Å². The summed E-state index contributed by atoms with van der Waals surface area (Å²) in [4.78, 5) is 4.82. The topological polar surface area (TPSA) is 6.48 Å². The van der Waals surface area contributed by atoms with Crippen LogP contribution in [-0.4, -0.2) is 36.7 Å². The van der Waals surface area contributed by atoms with Gasteiger partial charge in [0.2, 0.25) is 0 Å². The number of nitrogens with zero attached hydrogens (tertiary/aromatic N) is 2. The van der Waals surface area contributed by atoms with Gasteiger partial charge >= 0.3 is 0 Å². The zero-order valence-corrected chi connectivity index (χ0v) is 8.01. The second kappa shape index (κ2) is 4.07. The summed E-state index contributed by atoms with van der Waals surface area (Å²) >= 11 is 0. The fourth-order valence-electron chi connectivity index (χ4n) is 1.51. The molecule has 0 aromatic heterocycles. The third-order valence-corrected chi connectivity index (χ3v) is 2.14. The summed E-state index contributed by atoms with van der Waals surface area (Å²) in [6, 6.07) is 0. The summed E-state index contributed by atoms with van der Waals surface area (Å²) in [5.74, 6) is 0.869. The average molecular weight is 156 g/mol. The SMILES string of the molecule is CC(C)CCCN1CN(C)C1. The number of hydrogen-bond donors (Lipinski definition) is 0. The van der Waals surface area contributed by atoms with Gasteiger partial charge in [0.25, 0.3) is 0 Å². The van der Waals surface area contributed by atoms with Gasteiger partial charge < -0.3 is 0 Å². The molecular weight excluding hydrogens is 136 g/mol. The Bertz CT molecular complexity index is 106. The van der Waals surface area contributed by atoms with Crippen LogP contribution in [0.2, 0.25) is 0 Å². The molecule has 0 radical (unpaired) electrons. The van der Waals surface area contributed by atoms with Gasteiger partial charge in [0, 0.05) is 6.54 Å². The van der Waals surface area contributed by atoms with Crippen molar-refractivity contribution in [2.45, 2.75) is 26.7 Å². The normalized spacial score (nSPS) is 20.7. The lowest BCUT2D eigenvalue weighted by atomic mass is 10.1. The van der Waals surface area contributed by atoms with Gasteiger partial charge in [0.05, 0.1) is 13.3 Å². The van der Waals surface area contributed by atoms with Crippen LogP contribution in [0.25, 0.3) is 0 Å². The Morgan fingerprint density at radius 3 is 2.36 bits per heavy atom. The first-order valence-electron chi connectivity index (χ1n) is 4.59. The van der Waals surface area contributed by atoms with Crippen LogP contribution in [0, 0.1) is 5.92 Å². The van der Waals surface area contributed by atoms with Gasteiger partial charge in [-0.05, 0) is 25.8 Å². The van der Waals surface area contributed by atoms with Gasteiger partial charge in [-0.15, -0.1) is 0 Å². The summed E-state index contributed by atoms with van der Waals surface area (Å²) in [5, 5.41) is 0. The number of rotatable bonds is 4. The van der Waals surface area contributed by atoms with E-state index in [1.807, 2.05) is 0 Å². The summed E-state index contributed by atoms with van der Waals surface area (Å²) in [6.07, 6.45) is 2.74. The third kappa shape index (κ3) is 3.21. The maximum atomic E-state index is 2.49. The molecule has 1 fully saturated rings. The van der Waals surface area contributed by atoms with Crippen molar-refractivity contribution < 1.29 is 0 Å². The highest BCUT2D eigenvalue weighted by atomic mass is 15.5. The van der Waals surface area contributed by atoms with Gasteiger partial charge in [-0.1, -0.05) is 13.8 Å². The molecule has 1 rings (SSSR count). The summed E-state index contributed by atoms with van der Waals surface area (Å²) in [7, 11) is 2.17. The zero-order chi connectivity index (χ0) is 8.27. The van der Waals surface area contributed by atoms with E-state index in [4.69, 9.17) is 0 Å². The lowest BCUT2D eigenvalue weighted by molar-refractivity contribution is -0.00994. The second-order valence-corrected chi connectivity index (χ2v) is 4.07. The predicted octanol–water partition coefficient (Wildman–Crippen LogP) is 1.58. The minimum atomic E-state index is 0.869. The van der Waals surface area contributed by atoms with Crippen molar-refractivity contribution in [3.63, 3.8) is 0 Å². The van der Waals surface area contributed by atoms with Crippen LogP contribution in [0.1, 0.15) is 26.7 Å². The maximum Gasteiger partial charge on any atom is 0.0526 e. The molecule has 0 amide bonds. The van der Waals surface area contributed by atoms with E-state index in [9.17, 15) is 0 Å². The molecule has 66 valence electrons. The molecule has 0 bridgehead atoms. The lowest BCUT2D eigenvalue weighted by Crippen LogP contribution is -2.52. The molecule has 0 atom stereocenters. The molecule has 0 aromatic rings. The summed E-state index contributed by atoms with van der Waals surface area (Å²) in [5.41, 5.74) is 0. The van der Waals surface area contributed by atoms with Crippen LogP contribution in [-0.2, 0) is 0 Å². The van der Waals surface area contributed by atoms with Gasteiger partial charge in [-0.2, -0.15) is 0 Å². The Morgan fingerprint density at radius 1 is 1.27 bits per heavy atom. The molecule has 2 nitrogen and oxygen atoms in total. The molecule has 0 N–H and O–H groups in total. The highest BCUT2D eigenvalue weighted by Gasteiger charge is 2.18. The fourth-order valence-corrected chi connectivity index (χ4v) is 1.51. The Kier molecular flexibility index (Phi) is 3.34. The standard InChI is InChI=1S/C9H20N2/c1-9(2)5-4-6-11-7-10(3)8-11/h9H,4-8H2,1-3H3. The molecule has 0 aliphatic carbocycles. The van der Waals surface area contributed by atoms with E-state index in [-0.39, 0.29) is 0 Å². The van der Waals surface area contributed by atoms with Gasteiger partial charge in [-0.25, -0.2) is 0 Å². The van der Waals surface area contributed by atoms with Gasteiger partial charge in [0.1, 0.15) is 0 Å². The highest BCUT2D eigenvalue weighted by molar-refractivity contribution is 4.65. The third-order valence-electron chi connectivity index (χ3n) is 2.14. The van der Waals surface area contributed by atoms with Crippen molar-refractivity contribution >= 4 is 0 Å². The highest BCUT2D eigenvalue weighted by Crippen LogP contribution is 2.09. The van der Waals surface area contributed by atoms with Crippen molar-refractivity contribution in [2.75, 3.05) is 26.9 Å². The Morgan fingerprint density at radius 2 is 1.91 bits per heavy atom. The van der Waals surface area contributed by atoms with Crippen molar-refractivity contribution in [1.82, 2.24) is 9.80 Å². The second-order valence-electron chi connectivity index (χ2n) is 4.07. The summed E-state index contributed by atoms with van der Waals surface area (Å²) in [6.45, 7) is 8.24. The fraction of sp³-hybridized carbons (Fsp3) is 1.00. The lowest BCUT2D eigenvalue weighted by Gasteiger charge is -2.40. The Balaban J connectivity index is 1.89. The van der Waals surface area contributed by atoms with E-state index in [0.29, 0.717) is 0 Å². The van der Waals surface area contributed by atoms with Crippen molar-refractivity contribution in [3.05, 3.63) is 0 Å². The van der Waals surface area contributed by atoms with E-state index in [2.05, 4.69) is 30.7 Å². The molecule has 1 aliphatic rings. The molecule has 0 saturated carbocycles. The van der Waals surface area contributed by atoms with Crippen LogP contribution >= 0.6 is 0 Å². The van der Waals surface area contributed by atoms with E-state index in [0.717, 1.165) is 5.92 Å². The van der Waals surface area contributed by atoms with Crippen LogP contribution < -0.4 is 0 Å². The molecule has 0 spiro atoms. The van der Waals surface area contributed by atoms with Crippen molar-refractivity contribution in [3.8, 4) is 0 Å². The molecule has 1 heterocycles. The largest absolute Gasteiger partial charge is 0.280 e. The maximum absolute atomic E-state index is 2.49. The van der Waals surface area contributed by atoms with Crippen molar-refractivity contribution in [2.24, 2.45) is 5.92 Å². The van der Waals surface area contributed by atoms with Crippen LogP contribution in [0.5, 0.6) is 0 Å². The minimum absolute atomic E-state index is 0.869. The quantitative estimate of drug-likeness (QED) is 0.610.